The van der Waals surface area contributed by atoms with Crippen LogP contribution in [0.3, 0.4) is 0 Å². The Bertz CT molecular complexity index is 1250. The fourth-order valence-electron chi connectivity index (χ4n) is 3.52. The second-order valence-corrected chi connectivity index (χ2v) is 9.06. The van der Waals surface area contributed by atoms with Gasteiger partial charge < -0.3 is 0 Å². The van der Waals surface area contributed by atoms with E-state index >= 15 is 0 Å². The molecule has 0 saturated carbocycles. The van der Waals surface area contributed by atoms with Crippen molar-refractivity contribution in [2.45, 2.75) is 18.0 Å². The molecule has 0 aliphatic heterocycles. The van der Waals surface area contributed by atoms with Gasteiger partial charge in [-0.15, -0.1) is 0 Å². The quantitative estimate of drug-likeness (QED) is 0.481. The van der Waals surface area contributed by atoms with Gasteiger partial charge >= 0.3 is 0 Å². The van der Waals surface area contributed by atoms with E-state index in [1.807, 2.05) is 53.2 Å². The summed E-state index contributed by atoms with van der Waals surface area (Å²) in [6.45, 7) is 1.49. The molecule has 0 bridgehead atoms. The predicted molar refractivity (Wildman–Crippen MR) is 122 cm³/mol. The van der Waals surface area contributed by atoms with Crippen LogP contribution in [-0.2, 0) is 23.1 Å². The normalized spacial score (nSPS) is 11.7. The van der Waals surface area contributed by atoms with E-state index in [0.717, 1.165) is 29.2 Å². The number of sulfonamides is 1. The van der Waals surface area contributed by atoms with Crippen LogP contribution in [0.5, 0.6) is 0 Å². The molecule has 0 unspecified atom stereocenters. The van der Waals surface area contributed by atoms with Crippen molar-refractivity contribution in [2.75, 3.05) is 7.05 Å². The van der Waals surface area contributed by atoms with Crippen LogP contribution < -0.4 is 5.14 Å². The maximum absolute atomic E-state index is 11.6. The summed E-state index contributed by atoms with van der Waals surface area (Å²) in [6, 6.07) is 28.8. The minimum absolute atomic E-state index is 0.0764. The molecule has 0 fully saturated rings. The van der Waals surface area contributed by atoms with E-state index in [1.165, 1.54) is 17.7 Å². The van der Waals surface area contributed by atoms with Crippen molar-refractivity contribution in [3.8, 4) is 16.9 Å². The highest BCUT2D eigenvalue weighted by atomic mass is 32.2. The van der Waals surface area contributed by atoms with E-state index in [-0.39, 0.29) is 4.90 Å². The number of rotatable bonds is 7. The highest BCUT2D eigenvalue weighted by Gasteiger charge is 2.14. The first kappa shape index (κ1) is 21.0. The number of benzene rings is 3. The van der Waals surface area contributed by atoms with Crippen molar-refractivity contribution in [1.29, 1.82) is 0 Å². The van der Waals surface area contributed by atoms with Gasteiger partial charge in [0.1, 0.15) is 0 Å². The SMILES string of the molecule is CN(Cc1ccccc1)Cc1cc(-c2ccccc2)n(-c2ccc(S(N)(=O)=O)cc2)n1. The van der Waals surface area contributed by atoms with Crippen molar-refractivity contribution in [2.24, 2.45) is 5.14 Å². The predicted octanol–water partition coefficient (Wildman–Crippen LogP) is 3.82. The van der Waals surface area contributed by atoms with Crippen LogP contribution in [0.1, 0.15) is 11.3 Å². The van der Waals surface area contributed by atoms with Gasteiger partial charge in [0.05, 0.1) is 22.0 Å². The van der Waals surface area contributed by atoms with E-state index in [1.54, 1.807) is 12.1 Å². The first-order valence-corrected chi connectivity index (χ1v) is 11.4. The van der Waals surface area contributed by atoms with Crippen molar-refractivity contribution in [3.05, 3.63) is 102 Å². The van der Waals surface area contributed by atoms with Crippen LogP contribution in [-0.4, -0.2) is 30.1 Å². The summed E-state index contributed by atoms with van der Waals surface area (Å²) in [5.74, 6) is 0. The first-order chi connectivity index (χ1) is 14.9. The minimum atomic E-state index is -3.74. The van der Waals surface area contributed by atoms with Gasteiger partial charge in [-0.05, 0) is 42.9 Å². The van der Waals surface area contributed by atoms with Gasteiger partial charge in [-0.1, -0.05) is 60.7 Å². The molecule has 0 saturated heterocycles. The van der Waals surface area contributed by atoms with Crippen LogP contribution in [0.4, 0.5) is 0 Å². The maximum Gasteiger partial charge on any atom is 0.238 e. The fourth-order valence-corrected chi connectivity index (χ4v) is 4.04. The standard InChI is InChI=1S/C24H24N4O2S/c1-27(17-19-8-4-2-5-9-19)18-21-16-24(20-10-6-3-7-11-20)28(26-21)22-12-14-23(15-13-22)31(25,29)30/h2-16H,17-18H2,1H3,(H2,25,29,30). The van der Waals surface area contributed by atoms with Crippen molar-refractivity contribution >= 4 is 10.0 Å². The number of primary sulfonamides is 1. The monoisotopic (exact) mass is 432 g/mol. The highest BCUT2D eigenvalue weighted by molar-refractivity contribution is 7.89. The highest BCUT2D eigenvalue weighted by Crippen LogP contribution is 2.25. The lowest BCUT2D eigenvalue weighted by Crippen LogP contribution is -2.17. The third-order valence-corrected chi connectivity index (χ3v) is 5.90. The molecule has 0 amide bonds. The molecule has 158 valence electrons. The fraction of sp³-hybridized carbons (Fsp3) is 0.125. The van der Waals surface area contributed by atoms with Crippen LogP contribution >= 0.6 is 0 Å². The van der Waals surface area contributed by atoms with E-state index in [4.69, 9.17) is 10.2 Å². The molecule has 4 aromatic rings. The van der Waals surface area contributed by atoms with E-state index < -0.39 is 10.0 Å². The Morgan fingerprint density at radius 3 is 2.10 bits per heavy atom. The zero-order chi connectivity index (χ0) is 21.8. The van der Waals surface area contributed by atoms with Gasteiger partial charge in [-0.25, -0.2) is 18.2 Å². The van der Waals surface area contributed by atoms with E-state index in [2.05, 4.69) is 30.1 Å². The molecule has 0 aliphatic rings. The number of hydrogen-bond donors (Lipinski definition) is 1. The molecule has 4 rings (SSSR count). The summed E-state index contributed by atoms with van der Waals surface area (Å²) in [5.41, 5.74) is 4.90. The van der Waals surface area contributed by atoms with Crippen LogP contribution in [0, 0.1) is 0 Å². The Labute approximate surface area is 182 Å². The Morgan fingerprint density at radius 2 is 1.48 bits per heavy atom. The van der Waals surface area contributed by atoms with Gasteiger partial charge in [0, 0.05) is 18.7 Å². The Kier molecular flexibility index (Phi) is 5.99. The van der Waals surface area contributed by atoms with Gasteiger partial charge in [0.25, 0.3) is 0 Å². The van der Waals surface area contributed by atoms with Gasteiger partial charge in [0.2, 0.25) is 10.0 Å². The summed E-state index contributed by atoms with van der Waals surface area (Å²) in [7, 11) is -1.68. The molecular formula is C24H24N4O2S. The van der Waals surface area contributed by atoms with Crippen LogP contribution in [0.2, 0.25) is 0 Å². The molecule has 3 aromatic carbocycles. The van der Waals surface area contributed by atoms with Crippen molar-refractivity contribution < 1.29 is 8.42 Å². The Morgan fingerprint density at radius 1 is 0.871 bits per heavy atom. The maximum atomic E-state index is 11.6. The van der Waals surface area contributed by atoms with Gasteiger partial charge in [-0.3, -0.25) is 4.90 Å². The molecule has 2 N–H and O–H groups in total. The molecule has 6 nitrogen and oxygen atoms in total. The summed E-state index contributed by atoms with van der Waals surface area (Å²) in [6.07, 6.45) is 0. The zero-order valence-corrected chi connectivity index (χ0v) is 18.0. The number of nitrogens with two attached hydrogens (primary N) is 1. The molecule has 0 atom stereocenters. The zero-order valence-electron chi connectivity index (χ0n) is 17.2. The van der Waals surface area contributed by atoms with E-state index in [0.29, 0.717) is 6.54 Å². The minimum Gasteiger partial charge on any atom is -0.296 e. The molecule has 7 heteroatoms. The second kappa shape index (κ2) is 8.85. The van der Waals surface area contributed by atoms with Gasteiger partial charge in [0.15, 0.2) is 0 Å². The second-order valence-electron chi connectivity index (χ2n) is 7.50. The van der Waals surface area contributed by atoms with Crippen LogP contribution in [0.15, 0.2) is 95.9 Å². The van der Waals surface area contributed by atoms with E-state index in [9.17, 15) is 8.42 Å². The number of hydrogen-bond acceptors (Lipinski definition) is 4. The van der Waals surface area contributed by atoms with Crippen molar-refractivity contribution in [1.82, 2.24) is 14.7 Å². The smallest absolute Gasteiger partial charge is 0.238 e. The topological polar surface area (TPSA) is 81.2 Å². The molecule has 0 aliphatic carbocycles. The Hall–Kier alpha value is -3.26. The summed E-state index contributed by atoms with van der Waals surface area (Å²) in [5, 5.41) is 10.1. The molecule has 0 radical (unpaired) electrons. The molecular weight excluding hydrogens is 408 g/mol. The molecule has 1 heterocycles. The lowest BCUT2D eigenvalue weighted by Gasteiger charge is -2.15. The first-order valence-electron chi connectivity index (χ1n) is 9.90. The number of nitrogens with zero attached hydrogens (tertiary/aromatic N) is 3. The summed E-state index contributed by atoms with van der Waals surface area (Å²) >= 11 is 0. The summed E-state index contributed by atoms with van der Waals surface area (Å²) < 4.78 is 25.0. The molecule has 0 spiro atoms. The largest absolute Gasteiger partial charge is 0.296 e. The average Bonchev–Trinajstić information content (AvgIpc) is 3.18. The third kappa shape index (κ3) is 5.08. The summed E-state index contributed by atoms with van der Waals surface area (Å²) in [4.78, 5) is 2.29. The lowest BCUT2D eigenvalue weighted by molar-refractivity contribution is 0.314. The Balaban J connectivity index is 1.66. The van der Waals surface area contributed by atoms with Crippen molar-refractivity contribution in [3.63, 3.8) is 0 Å². The molecule has 31 heavy (non-hydrogen) atoms. The lowest BCUT2D eigenvalue weighted by atomic mass is 10.1. The third-order valence-electron chi connectivity index (χ3n) is 4.97. The average molecular weight is 433 g/mol. The molecule has 1 aromatic heterocycles. The van der Waals surface area contributed by atoms with Crippen LogP contribution in [0.25, 0.3) is 16.9 Å². The van der Waals surface area contributed by atoms with Gasteiger partial charge in [-0.2, -0.15) is 5.10 Å². The number of aromatic nitrogens is 2.